The zero-order valence-electron chi connectivity index (χ0n) is 15.5. The number of nitrogens with one attached hydrogen (secondary N) is 1. The van der Waals surface area contributed by atoms with Crippen molar-refractivity contribution in [3.05, 3.63) is 35.5 Å². The normalized spacial score (nSPS) is 13.0. The molecule has 1 aromatic carbocycles. The summed E-state index contributed by atoms with van der Waals surface area (Å²) in [5.74, 6) is 2.69. The fourth-order valence-corrected chi connectivity index (χ4v) is 2.76. The van der Waals surface area contributed by atoms with Gasteiger partial charge in [0.25, 0.3) is 0 Å². The monoisotopic (exact) mass is 359 g/mol. The van der Waals surface area contributed by atoms with Gasteiger partial charge in [-0.05, 0) is 24.1 Å². The van der Waals surface area contributed by atoms with Crippen LogP contribution in [0.1, 0.15) is 50.9 Å². The van der Waals surface area contributed by atoms with Gasteiger partial charge in [0, 0.05) is 31.2 Å². The summed E-state index contributed by atoms with van der Waals surface area (Å²) >= 11 is 0. The number of carbonyl (C=O) groups excluding carboxylic acids is 1. The summed E-state index contributed by atoms with van der Waals surface area (Å²) in [5, 5.41) is 6.89. The maximum atomic E-state index is 12.2. The Morgan fingerprint density at radius 1 is 1.23 bits per heavy atom. The summed E-state index contributed by atoms with van der Waals surface area (Å²) in [5.41, 5.74) is 0.859. The van der Waals surface area contributed by atoms with E-state index < -0.39 is 0 Å². The lowest BCUT2D eigenvalue weighted by Crippen LogP contribution is -2.36. The van der Waals surface area contributed by atoms with Crippen molar-refractivity contribution in [2.45, 2.75) is 51.9 Å². The number of aromatic nitrogens is 2. The lowest BCUT2D eigenvalue weighted by Gasteiger charge is -2.26. The van der Waals surface area contributed by atoms with Crippen LogP contribution in [-0.2, 0) is 23.1 Å². The summed E-state index contributed by atoms with van der Waals surface area (Å²) in [6, 6.07) is 5.89. The lowest BCUT2D eigenvalue weighted by atomic mass is 9.84. The summed E-state index contributed by atoms with van der Waals surface area (Å²) in [4.78, 5) is 16.4. The molecule has 0 saturated carbocycles. The zero-order valence-corrected chi connectivity index (χ0v) is 15.5. The molecule has 0 saturated heterocycles. The molecule has 2 aromatic rings. The molecule has 0 bridgehead atoms. The zero-order chi connectivity index (χ0) is 18.6. The summed E-state index contributed by atoms with van der Waals surface area (Å²) in [6.07, 6.45) is 2.53. The number of carbonyl (C=O) groups is 1. The Bertz CT molecular complexity index is 770. The second kappa shape index (κ2) is 7.76. The Hall–Kier alpha value is -2.57. The third kappa shape index (κ3) is 4.33. The minimum atomic E-state index is -0.227. The van der Waals surface area contributed by atoms with Crippen LogP contribution in [0.3, 0.4) is 0 Å². The first-order chi connectivity index (χ1) is 12.5. The fraction of sp³-hybridized carbons (Fsp3) is 0.526. The molecule has 0 radical (unpaired) electrons. The molecule has 0 unspecified atom stereocenters. The van der Waals surface area contributed by atoms with Crippen molar-refractivity contribution in [1.82, 2.24) is 15.5 Å². The largest absolute Gasteiger partial charge is 0.454 e. The van der Waals surface area contributed by atoms with E-state index in [-0.39, 0.29) is 18.1 Å². The highest BCUT2D eigenvalue weighted by Gasteiger charge is 2.24. The number of benzene rings is 1. The van der Waals surface area contributed by atoms with Gasteiger partial charge in [-0.15, -0.1) is 0 Å². The van der Waals surface area contributed by atoms with Gasteiger partial charge < -0.3 is 19.3 Å². The molecule has 1 aliphatic rings. The number of ether oxygens (including phenoxy) is 2. The van der Waals surface area contributed by atoms with Crippen LogP contribution < -0.4 is 14.8 Å². The fourth-order valence-electron chi connectivity index (χ4n) is 2.76. The van der Waals surface area contributed by atoms with Gasteiger partial charge in [0.05, 0.1) is 0 Å². The lowest BCUT2D eigenvalue weighted by molar-refractivity contribution is -0.121. The van der Waals surface area contributed by atoms with Crippen molar-refractivity contribution in [1.29, 1.82) is 0 Å². The van der Waals surface area contributed by atoms with E-state index in [4.69, 9.17) is 14.0 Å². The highest BCUT2D eigenvalue weighted by molar-refractivity contribution is 5.76. The van der Waals surface area contributed by atoms with E-state index in [1.165, 1.54) is 0 Å². The predicted molar refractivity (Wildman–Crippen MR) is 95.2 cm³/mol. The van der Waals surface area contributed by atoms with Gasteiger partial charge in [-0.3, -0.25) is 4.79 Å². The molecule has 3 rings (SSSR count). The van der Waals surface area contributed by atoms with Crippen LogP contribution in [0.25, 0.3) is 0 Å². The van der Waals surface area contributed by atoms with E-state index in [0.717, 1.165) is 29.9 Å². The quantitative estimate of drug-likeness (QED) is 0.780. The molecule has 0 aliphatic carbocycles. The predicted octanol–water partition coefficient (Wildman–Crippen LogP) is 2.78. The van der Waals surface area contributed by atoms with Gasteiger partial charge in [0.1, 0.15) is 0 Å². The van der Waals surface area contributed by atoms with Crippen LogP contribution in [0.5, 0.6) is 11.5 Å². The van der Waals surface area contributed by atoms with E-state index in [1.54, 1.807) is 0 Å². The Morgan fingerprint density at radius 3 is 2.85 bits per heavy atom. The van der Waals surface area contributed by atoms with Gasteiger partial charge in [0.2, 0.25) is 18.6 Å². The van der Waals surface area contributed by atoms with Crippen molar-refractivity contribution in [3.8, 4) is 11.5 Å². The van der Waals surface area contributed by atoms with Gasteiger partial charge in [-0.25, -0.2) is 0 Å². The van der Waals surface area contributed by atoms with Gasteiger partial charge in [0.15, 0.2) is 17.3 Å². The summed E-state index contributed by atoms with van der Waals surface area (Å²) in [6.45, 7) is 7.01. The SMILES string of the molecule is CCCc1noc(CCC(=O)NCC(C)(C)c2ccc3c(c2)OCO3)n1. The molecule has 26 heavy (non-hydrogen) atoms. The summed E-state index contributed by atoms with van der Waals surface area (Å²) < 4.78 is 15.9. The Kier molecular flexibility index (Phi) is 5.44. The van der Waals surface area contributed by atoms with Crippen LogP contribution >= 0.6 is 0 Å². The number of amides is 1. The third-order valence-corrected chi connectivity index (χ3v) is 4.43. The Labute approximate surface area is 153 Å². The molecule has 140 valence electrons. The molecule has 2 heterocycles. The van der Waals surface area contributed by atoms with E-state index in [0.29, 0.717) is 31.1 Å². The number of hydrogen-bond acceptors (Lipinski definition) is 6. The molecule has 1 aliphatic heterocycles. The molecular weight excluding hydrogens is 334 g/mol. The van der Waals surface area contributed by atoms with Crippen LogP contribution in [0, 0.1) is 0 Å². The van der Waals surface area contributed by atoms with Crippen molar-refractivity contribution < 1.29 is 18.8 Å². The second-order valence-electron chi connectivity index (χ2n) is 7.08. The highest BCUT2D eigenvalue weighted by atomic mass is 16.7. The molecule has 0 fully saturated rings. The molecule has 1 aromatic heterocycles. The average Bonchev–Trinajstić information content (AvgIpc) is 3.27. The topological polar surface area (TPSA) is 86.5 Å². The molecule has 7 heteroatoms. The van der Waals surface area contributed by atoms with E-state index >= 15 is 0 Å². The molecule has 0 spiro atoms. The van der Waals surface area contributed by atoms with Crippen molar-refractivity contribution in [2.75, 3.05) is 13.3 Å². The van der Waals surface area contributed by atoms with E-state index in [2.05, 4.69) is 36.2 Å². The Morgan fingerprint density at radius 2 is 2.04 bits per heavy atom. The first kappa shape index (κ1) is 18.2. The van der Waals surface area contributed by atoms with Crippen LogP contribution in [0.2, 0.25) is 0 Å². The maximum absolute atomic E-state index is 12.2. The number of fused-ring (bicyclic) bond motifs is 1. The molecule has 0 atom stereocenters. The number of aryl methyl sites for hydroxylation is 2. The first-order valence-corrected chi connectivity index (χ1v) is 8.96. The van der Waals surface area contributed by atoms with E-state index in [1.807, 2.05) is 18.2 Å². The molecule has 1 N–H and O–H groups in total. The van der Waals surface area contributed by atoms with Gasteiger partial charge in [-0.1, -0.05) is 32.0 Å². The number of nitrogens with zero attached hydrogens (tertiary/aromatic N) is 2. The van der Waals surface area contributed by atoms with Crippen molar-refractivity contribution >= 4 is 5.91 Å². The number of rotatable bonds is 8. The minimum Gasteiger partial charge on any atom is -0.454 e. The Balaban J connectivity index is 1.49. The van der Waals surface area contributed by atoms with Crippen LogP contribution in [-0.4, -0.2) is 29.4 Å². The van der Waals surface area contributed by atoms with Gasteiger partial charge in [-0.2, -0.15) is 4.98 Å². The van der Waals surface area contributed by atoms with Crippen LogP contribution in [0.4, 0.5) is 0 Å². The van der Waals surface area contributed by atoms with Gasteiger partial charge >= 0.3 is 0 Å². The third-order valence-electron chi connectivity index (χ3n) is 4.43. The average molecular weight is 359 g/mol. The van der Waals surface area contributed by atoms with Crippen LogP contribution in [0.15, 0.2) is 22.7 Å². The van der Waals surface area contributed by atoms with E-state index in [9.17, 15) is 4.79 Å². The summed E-state index contributed by atoms with van der Waals surface area (Å²) in [7, 11) is 0. The molecular formula is C19H25N3O4. The molecule has 1 amide bonds. The second-order valence-corrected chi connectivity index (χ2v) is 7.08. The smallest absolute Gasteiger partial charge is 0.231 e. The standard InChI is InChI=1S/C19H25N3O4/c1-4-5-16-21-18(26-22-16)9-8-17(23)20-11-19(2,3)13-6-7-14-15(10-13)25-12-24-14/h6-7,10H,4-5,8-9,11-12H2,1-3H3,(H,20,23). The van der Waals surface area contributed by atoms with Crippen molar-refractivity contribution in [3.63, 3.8) is 0 Å². The minimum absolute atomic E-state index is 0.0333. The highest BCUT2D eigenvalue weighted by Crippen LogP contribution is 2.36. The number of hydrogen-bond donors (Lipinski definition) is 1. The maximum Gasteiger partial charge on any atom is 0.231 e. The molecule has 7 nitrogen and oxygen atoms in total. The first-order valence-electron chi connectivity index (χ1n) is 8.96. The van der Waals surface area contributed by atoms with Crippen molar-refractivity contribution in [2.24, 2.45) is 0 Å².